The summed E-state index contributed by atoms with van der Waals surface area (Å²) in [6, 6.07) is 26.8. The molecule has 20 nitrogen and oxygen atoms in total. The van der Waals surface area contributed by atoms with Gasteiger partial charge >= 0.3 is 5.97 Å². The number of ether oxygens (including phenoxy) is 5. The number of aliphatic imine (C=N–C) groups is 2. The summed E-state index contributed by atoms with van der Waals surface area (Å²) < 4.78 is 28.7. The van der Waals surface area contributed by atoms with Crippen molar-refractivity contribution < 1.29 is 57.6 Å². The molecule has 5 aromatic carbocycles. The molecule has 0 spiro atoms. The van der Waals surface area contributed by atoms with Crippen LogP contribution in [0.5, 0.6) is 23.0 Å². The highest BCUT2D eigenvalue weighted by atomic mass is 16.5. The first kappa shape index (κ1) is 49.4. The number of aliphatic hydroxyl groups excluding tert-OH is 1. The normalized spacial score (nSPS) is 16.1. The molecule has 4 heterocycles. The highest BCUT2D eigenvalue weighted by molar-refractivity contribution is 6.16. The molecule has 5 N–H and O–H groups in total. The molecular weight excluding hydrogens is 941 g/mol. The molecule has 0 radical (unpaired) electrons. The Kier molecular flexibility index (Phi) is 14.7. The number of aliphatic hydroxyl groups is 1. The number of nitrogens with one attached hydrogen (secondary N) is 4. The third-order valence-electron chi connectivity index (χ3n) is 12.7. The van der Waals surface area contributed by atoms with E-state index in [2.05, 4.69) is 26.0 Å². The SMILES string of the molecule is COC(=O)CCNC(=O)CNC(=O)CNC(=O)CNC(O)c1cc(COc2cc3c(cc2OC)C(=O)N2c4ccccc4C[C@H]2C=N3)cc(COc2cc3c(cc2OC)C(=O)N2c4ccccc4C[C@H]2C=N3)c1. The Bertz CT molecular complexity index is 2910. The third kappa shape index (κ3) is 10.8. The minimum Gasteiger partial charge on any atom is -0.493 e. The van der Waals surface area contributed by atoms with Gasteiger partial charge < -0.3 is 44.7 Å². The highest BCUT2D eigenvalue weighted by Gasteiger charge is 2.38. The van der Waals surface area contributed by atoms with Gasteiger partial charge in [-0.2, -0.15) is 0 Å². The second-order valence-corrected chi connectivity index (χ2v) is 17.4. The topological polar surface area (TPSA) is 248 Å². The molecule has 1 unspecified atom stereocenters. The molecule has 73 heavy (non-hydrogen) atoms. The summed E-state index contributed by atoms with van der Waals surface area (Å²) in [4.78, 5) is 89.4. The van der Waals surface area contributed by atoms with Crippen LogP contribution in [0.15, 0.2) is 101 Å². The van der Waals surface area contributed by atoms with Crippen LogP contribution in [0.4, 0.5) is 22.7 Å². The first-order chi connectivity index (χ1) is 35.4. The average Bonchev–Trinajstić information content (AvgIpc) is 3.90. The molecular formula is C53H52N8O12. The lowest BCUT2D eigenvalue weighted by Gasteiger charge is -2.22. The van der Waals surface area contributed by atoms with E-state index >= 15 is 0 Å². The number of carbonyl (C=O) groups is 6. The van der Waals surface area contributed by atoms with Gasteiger partial charge in [-0.1, -0.05) is 36.4 Å². The van der Waals surface area contributed by atoms with Crippen molar-refractivity contribution in [3.63, 3.8) is 0 Å². The Morgan fingerprint density at radius 1 is 0.630 bits per heavy atom. The summed E-state index contributed by atoms with van der Waals surface area (Å²) in [5.41, 5.74) is 6.80. The second-order valence-electron chi connectivity index (χ2n) is 17.4. The van der Waals surface area contributed by atoms with Crippen molar-refractivity contribution >= 4 is 70.7 Å². The lowest BCUT2D eigenvalue weighted by molar-refractivity contribution is -0.140. The fourth-order valence-electron chi connectivity index (χ4n) is 9.07. The Morgan fingerprint density at radius 3 is 1.60 bits per heavy atom. The zero-order valence-corrected chi connectivity index (χ0v) is 40.1. The molecule has 376 valence electrons. The van der Waals surface area contributed by atoms with Gasteiger partial charge in [0.1, 0.15) is 19.4 Å². The van der Waals surface area contributed by atoms with Gasteiger partial charge in [-0.25, -0.2) is 0 Å². The van der Waals surface area contributed by atoms with Gasteiger partial charge in [0, 0.05) is 55.3 Å². The first-order valence-electron chi connectivity index (χ1n) is 23.4. The lowest BCUT2D eigenvalue weighted by Crippen LogP contribution is -2.44. The van der Waals surface area contributed by atoms with Crippen LogP contribution in [-0.2, 0) is 50.0 Å². The molecule has 9 rings (SSSR count). The van der Waals surface area contributed by atoms with Gasteiger partial charge in [-0.3, -0.25) is 53.9 Å². The number of carbonyl (C=O) groups excluding carboxylic acids is 6. The highest BCUT2D eigenvalue weighted by Crippen LogP contribution is 2.43. The zero-order chi connectivity index (χ0) is 51.2. The number of hydrogen-bond acceptors (Lipinski definition) is 15. The van der Waals surface area contributed by atoms with E-state index in [-0.39, 0.29) is 56.6 Å². The number of amides is 5. The molecule has 3 atom stereocenters. The van der Waals surface area contributed by atoms with Gasteiger partial charge in [0.25, 0.3) is 11.8 Å². The minimum absolute atomic E-state index is 0.0286. The van der Waals surface area contributed by atoms with Crippen molar-refractivity contribution in [2.75, 3.05) is 57.3 Å². The summed E-state index contributed by atoms with van der Waals surface area (Å²) in [6.07, 6.45) is 3.37. The molecule has 4 aliphatic rings. The summed E-state index contributed by atoms with van der Waals surface area (Å²) in [5.74, 6) is -1.50. The van der Waals surface area contributed by atoms with E-state index < -0.39 is 43.0 Å². The number of benzene rings is 5. The van der Waals surface area contributed by atoms with Crippen molar-refractivity contribution in [3.8, 4) is 23.0 Å². The van der Waals surface area contributed by atoms with E-state index in [1.54, 1.807) is 58.6 Å². The Labute approximate surface area is 419 Å². The molecule has 0 aliphatic carbocycles. The average molecular weight is 993 g/mol. The molecule has 0 fully saturated rings. The number of fused-ring (bicyclic) bond motifs is 8. The van der Waals surface area contributed by atoms with E-state index in [9.17, 15) is 33.9 Å². The Morgan fingerprint density at radius 2 is 1.11 bits per heavy atom. The number of esters is 1. The maximum atomic E-state index is 14.0. The largest absolute Gasteiger partial charge is 0.493 e. The maximum Gasteiger partial charge on any atom is 0.307 e. The fraction of sp³-hybridized carbons (Fsp3) is 0.283. The van der Waals surface area contributed by atoms with Crippen LogP contribution < -0.4 is 50.0 Å². The number of anilines is 2. The van der Waals surface area contributed by atoms with Crippen molar-refractivity contribution in [2.45, 2.75) is 50.8 Å². The van der Waals surface area contributed by atoms with Crippen LogP contribution in [0.3, 0.4) is 0 Å². The van der Waals surface area contributed by atoms with Gasteiger partial charge in [0.15, 0.2) is 23.0 Å². The van der Waals surface area contributed by atoms with Crippen LogP contribution in [0.1, 0.15) is 61.2 Å². The number of methoxy groups -OCH3 is 3. The van der Waals surface area contributed by atoms with Crippen molar-refractivity contribution in [2.24, 2.45) is 9.98 Å². The van der Waals surface area contributed by atoms with Crippen LogP contribution in [0, 0.1) is 0 Å². The van der Waals surface area contributed by atoms with E-state index in [0.29, 0.717) is 75.0 Å². The number of hydrogen-bond donors (Lipinski definition) is 5. The summed E-state index contributed by atoms with van der Waals surface area (Å²) in [7, 11) is 4.19. The number of rotatable bonds is 19. The molecule has 0 aromatic heterocycles. The smallest absolute Gasteiger partial charge is 0.307 e. The van der Waals surface area contributed by atoms with E-state index in [0.717, 1.165) is 22.5 Å². The minimum atomic E-state index is -1.41. The maximum absolute atomic E-state index is 14.0. The van der Waals surface area contributed by atoms with Gasteiger partial charge in [0.05, 0.1) is 82.0 Å². The predicted octanol–water partition coefficient (Wildman–Crippen LogP) is 3.93. The number of nitrogens with zero attached hydrogens (tertiary/aromatic N) is 4. The van der Waals surface area contributed by atoms with E-state index in [1.807, 2.05) is 54.6 Å². The quantitative estimate of drug-likeness (QED) is 0.0582. The van der Waals surface area contributed by atoms with Crippen molar-refractivity contribution in [1.29, 1.82) is 0 Å². The fourth-order valence-corrected chi connectivity index (χ4v) is 9.07. The van der Waals surface area contributed by atoms with Crippen molar-refractivity contribution in [1.82, 2.24) is 21.3 Å². The molecule has 20 heteroatoms. The summed E-state index contributed by atoms with van der Waals surface area (Å²) >= 11 is 0. The standard InChI is InChI=1S/C53H52N8O12/c1-69-43-19-37-39(55-23-35-17-32-8-4-6-10-41(32)60(35)52(37)67)21-45(43)72-28-30-14-31(16-34(15-30)51(66)59-27-49(64)58-26-48(63)57-25-47(62)54-13-12-50(65)71-3)29-73-46-22-40-38(20-44(46)70-2)53(68)61-36(24-56-40)18-33-9-5-7-11-42(33)61/h4-11,14-16,19-24,35-36,51,59,66H,12-13,17-18,25-29H2,1-3H3,(H,54,62)(H,57,63)(H,58,64)/t35-,36-,51?/m0/s1. The van der Waals surface area contributed by atoms with Crippen LogP contribution >= 0.6 is 0 Å². The number of para-hydroxylation sites is 2. The van der Waals surface area contributed by atoms with Gasteiger partial charge in [-0.05, 0) is 70.3 Å². The second kappa shape index (κ2) is 21.8. The van der Waals surface area contributed by atoms with Crippen LogP contribution in [-0.4, -0.2) is 113 Å². The predicted molar refractivity (Wildman–Crippen MR) is 268 cm³/mol. The Hall–Kier alpha value is -8.62. The third-order valence-corrected chi connectivity index (χ3v) is 12.7. The lowest BCUT2D eigenvalue weighted by atomic mass is 10.0. The summed E-state index contributed by atoms with van der Waals surface area (Å²) in [5, 5.41) is 21.5. The Balaban J connectivity index is 0.910. The van der Waals surface area contributed by atoms with Crippen LogP contribution in [0.25, 0.3) is 0 Å². The molecule has 4 aliphatic heterocycles. The molecule has 5 aromatic rings. The molecule has 0 bridgehead atoms. The van der Waals surface area contributed by atoms with E-state index in [4.69, 9.17) is 28.9 Å². The molecule has 0 saturated heterocycles. The van der Waals surface area contributed by atoms with Crippen LogP contribution in [0.2, 0.25) is 0 Å². The zero-order valence-electron chi connectivity index (χ0n) is 40.1. The van der Waals surface area contributed by atoms with Gasteiger partial charge in [-0.15, -0.1) is 0 Å². The summed E-state index contributed by atoms with van der Waals surface area (Å²) in [6.45, 7) is -1.30. The van der Waals surface area contributed by atoms with E-state index in [1.165, 1.54) is 21.3 Å². The molecule has 5 amide bonds. The monoisotopic (exact) mass is 992 g/mol. The van der Waals surface area contributed by atoms with Gasteiger partial charge in [0.2, 0.25) is 17.7 Å². The molecule has 0 saturated carbocycles. The first-order valence-corrected chi connectivity index (χ1v) is 23.4. The van der Waals surface area contributed by atoms with Crippen molar-refractivity contribution in [3.05, 3.63) is 130 Å².